The first-order valence-electron chi connectivity index (χ1n) is 24.5. The highest BCUT2D eigenvalue weighted by Crippen LogP contribution is 2.60. The quantitative estimate of drug-likeness (QED) is 0.146. The van der Waals surface area contributed by atoms with E-state index in [1.54, 1.807) is 0 Å². The minimum Gasteiger partial charge on any atom is -0.309 e. The first-order chi connectivity index (χ1) is 35.3. The number of aromatic nitrogens is 1. The van der Waals surface area contributed by atoms with E-state index in [0.717, 1.165) is 5.69 Å². The Kier molecular flexibility index (Phi) is 9.15. The first kappa shape index (κ1) is 40.4. The molecule has 15 aromatic rings. The average molecular weight is 936 g/mol. The van der Waals surface area contributed by atoms with Gasteiger partial charge in [-0.25, -0.2) is 0 Å². The van der Waals surface area contributed by atoms with Gasteiger partial charge in [0.25, 0.3) is 0 Å². The van der Waals surface area contributed by atoms with E-state index in [4.69, 9.17) is 0 Å². The van der Waals surface area contributed by atoms with Crippen LogP contribution in [0.25, 0.3) is 135 Å². The minimum absolute atomic E-state index is 0.820. The molecule has 0 amide bonds. The van der Waals surface area contributed by atoms with E-state index in [9.17, 15) is 0 Å². The normalized spacial score (nSPS) is 12.5. The SMILES string of the molecule is c1ccc(-n2c3ccccc3c3cccc(-c4c5cccc(-c6cccc7c8ccccc8p(-c8ccccc8)c67)c5cc5c(-c6cccc7c8ccccc8p(-c8ccccc8)c67)cccc45)c32)cc1. The number of nitrogens with zero attached hydrogens (tertiary/aromatic N) is 1. The molecular formula is C68H43NP2. The van der Waals surface area contributed by atoms with Gasteiger partial charge in [-0.2, -0.15) is 0 Å². The summed E-state index contributed by atoms with van der Waals surface area (Å²) in [5.41, 5.74) is 11.2. The summed E-state index contributed by atoms with van der Waals surface area (Å²) in [6.07, 6.45) is 0. The summed E-state index contributed by atoms with van der Waals surface area (Å²) in [6.45, 7) is 0. The fourth-order valence-electron chi connectivity index (χ4n) is 12.2. The summed E-state index contributed by atoms with van der Waals surface area (Å²) in [6, 6.07) is 98.3. The van der Waals surface area contributed by atoms with E-state index < -0.39 is 15.1 Å². The van der Waals surface area contributed by atoms with Crippen LogP contribution in [0.15, 0.2) is 261 Å². The van der Waals surface area contributed by atoms with Crippen molar-refractivity contribution in [3.8, 4) is 49.7 Å². The van der Waals surface area contributed by atoms with Gasteiger partial charge in [0.15, 0.2) is 0 Å². The lowest BCUT2D eigenvalue weighted by atomic mass is 9.85. The van der Waals surface area contributed by atoms with Crippen LogP contribution in [0.1, 0.15) is 0 Å². The van der Waals surface area contributed by atoms with Crippen molar-refractivity contribution in [3.63, 3.8) is 0 Å². The fourth-order valence-corrected chi connectivity index (χ4v) is 17.7. The highest BCUT2D eigenvalue weighted by molar-refractivity contribution is 7.68. The Morgan fingerprint density at radius 1 is 0.254 bits per heavy atom. The molecule has 0 N–H and O–H groups in total. The molecular weight excluding hydrogens is 893 g/mol. The average Bonchev–Trinajstić information content (AvgIpc) is 4.09. The number of para-hydroxylation sites is 3. The zero-order valence-corrected chi connectivity index (χ0v) is 40.5. The third kappa shape index (κ3) is 6.01. The van der Waals surface area contributed by atoms with Crippen LogP contribution in [-0.2, 0) is 0 Å². The van der Waals surface area contributed by atoms with Crippen molar-refractivity contribution in [3.05, 3.63) is 261 Å². The second-order valence-electron chi connectivity index (χ2n) is 18.7. The van der Waals surface area contributed by atoms with Gasteiger partial charge in [-0.05, 0) is 106 Å². The molecule has 0 aliphatic heterocycles. The summed E-state index contributed by atoms with van der Waals surface area (Å²) < 4.78 is 2.50. The second-order valence-corrected chi connectivity index (χ2v) is 23.0. The van der Waals surface area contributed by atoms with Gasteiger partial charge < -0.3 is 4.57 Å². The Labute approximate surface area is 413 Å². The molecule has 2 atom stereocenters. The largest absolute Gasteiger partial charge is 0.309 e. The van der Waals surface area contributed by atoms with E-state index in [-0.39, 0.29) is 0 Å². The van der Waals surface area contributed by atoms with Gasteiger partial charge in [0.05, 0.1) is 11.0 Å². The number of hydrogen-bond acceptors (Lipinski definition) is 0. The molecule has 3 heterocycles. The van der Waals surface area contributed by atoms with Crippen LogP contribution in [-0.4, -0.2) is 4.57 Å². The van der Waals surface area contributed by atoms with Crippen LogP contribution >= 0.6 is 15.1 Å². The topological polar surface area (TPSA) is 4.93 Å². The van der Waals surface area contributed by atoms with Crippen molar-refractivity contribution in [1.29, 1.82) is 0 Å². The van der Waals surface area contributed by atoms with Gasteiger partial charge in [0.2, 0.25) is 0 Å². The van der Waals surface area contributed by atoms with Crippen LogP contribution in [0.5, 0.6) is 0 Å². The highest BCUT2D eigenvalue weighted by atomic mass is 31.1. The molecule has 0 fully saturated rings. The maximum atomic E-state index is 2.56. The van der Waals surface area contributed by atoms with Crippen molar-refractivity contribution in [2.24, 2.45) is 0 Å². The first-order valence-corrected chi connectivity index (χ1v) is 27.2. The molecule has 71 heavy (non-hydrogen) atoms. The van der Waals surface area contributed by atoms with Gasteiger partial charge in [-0.15, -0.1) is 0 Å². The smallest absolute Gasteiger partial charge is 0.0619 e. The molecule has 15 rings (SSSR count). The lowest BCUT2D eigenvalue weighted by molar-refractivity contribution is 1.18. The van der Waals surface area contributed by atoms with Crippen molar-refractivity contribution in [1.82, 2.24) is 4.57 Å². The Bertz CT molecular complexity index is 4400. The van der Waals surface area contributed by atoms with Gasteiger partial charge in [0.1, 0.15) is 0 Å². The van der Waals surface area contributed by atoms with Crippen molar-refractivity contribution < 1.29 is 0 Å². The monoisotopic (exact) mass is 935 g/mol. The number of rotatable bonds is 6. The lowest BCUT2D eigenvalue weighted by Crippen LogP contribution is -1.96. The van der Waals surface area contributed by atoms with E-state index >= 15 is 0 Å². The molecule has 330 valence electrons. The van der Waals surface area contributed by atoms with E-state index in [2.05, 4.69) is 265 Å². The van der Waals surface area contributed by atoms with Crippen molar-refractivity contribution in [2.45, 2.75) is 0 Å². The molecule has 1 nitrogen and oxygen atoms in total. The Morgan fingerprint density at radius 2 is 0.648 bits per heavy atom. The van der Waals surface area contributed by atoms with Gasteiger partial charge in [-0.3, -0.25) is 0 Å². The van der Waals surface area contributed by atoms with Gasteiger partial charge in [-0.1, -0.05) is 252 Å². The number of fused-ring (bicyclic) bond motifs is 11. The van der Waals surface area contributed by atoms with Crippen LogP contribution in [0.2, 0.25) is 0 Å². The second kappa shape index (κ2) is 16.1. The Balaban J connectivity index is 1.13. The fraction of sp³-hybridized carbons (Fsp3) is 0. The third-order valence-corrected chi connectivity index (χ3v) is 20.2. The molecule has 0 spiro atoms. The molecule has 12 aromatic carbocycles. The maximum absolute atomic E-state index is 2.56. The van der Waals surface area contributed by atoms with E-state index in [0.29, 0.717) is 0 Å². The van der Waals surface area contributed by atoms with Crippen LogP contribution in [0, 0.1) is 0 Å². The standard InChI is InChI=1S/C68H43NP2/c1-4-21-44(22-5-1)69-62-40-13-10-27-49(62)54-34-18-39-59(66(54)69)65-52-32-16-30-47(55-35-19-37-57-50-28-11-14-41-63(50)70(67(55)57)45-23-6-2-7-24-45)60(52)43-61-48(31-17-33-53(61)65)56-36-20-38-58-51-29-12-15-42-64(51)71(68(56)58)46-25-8-3-9-26-46/h1-43H. The molecule has 0 radical (unpaired) electrons. The molecule has 0 saturated heterocycles. The summed E-state index contributed by atoms with van der Waals surface area (Å²) >= 11 is 0. The summed E-state index contributed by atoms with van der Waals surface area (Å²) in [7, 11) is -1.64. The lowest BCUT2D eigenvalue weighted by Gasteiger charge is -2.20. The van der Waals surface area contributed by atoms with Gasteiger partial charge >= 0.3 is 0 Å². The van der Waals surface area contributed by atoms with Crippen molar-refractivity contribution in [2.75, 3.05) is 0 Å². The molecule has 0 aliphatic carbocycles. The molecule has 0 bridgehead atoms. The van der Waals surface area contributed by atoms with Crippen molar-refractivity contribution >= 4 is 100 Å². The number of hydrogen-bond donors (Lipinski definition) is 0. The molecule has 3 heteroatoms. The number of benzene rings is 12. The summed E-state index contributed by atoms with van der Waals surface area (Å²) in [4.78, 5) is 0. The summed E-state index contributed by atoms with van der Waals surface area (Å²) in [5.74, 6) is 0. The molecule has 0 aliphatic rings. The summed E-state index contributed by atoms with van der Waals surface area (Å²) in [5, 5.41) is 21.4. The Morgan fingerprint density at radius 3 is 1.18 bits per heavy atom. The zero-order valence-electron chi connectivity index (χ0n) is 38.7. The van der Waals surface area contributed by atoms with Gasteiger partial charge in [0, 0.05) is 42.5 Å². The van der Waals surface area contributed by atoms with E-state index in [1.807, 2.05) is 0 Å². The molecule has 2 unspecified atom stereocenters. The van der Waals surface area contributed by atoms with Crippen LogP contribution in [0.4, 0.5) is 0 Å². The third-order valence-electron chi connectivity index (χ3n) is 15.0. The predicted octanol–water partition coefficient (Wildman–Crippen LogP) is 20.7. The maximum Gasteiger partial charge on any atom is 0.0619 e. The minimum atomic E-state index is -0.820. The molecule has 0 saturated carbocycles. The Hall–Kier alpha value is -8.44. The predicted molar refractivity (Wildman–Crippen MR) is 310 cm³/mol. The highest BCUT2D eigenvalue weighted by Gasteiger charge is 2.25. The zero-order chi connectivity index (χ0) is 46.6. The molecule has 3 aromatic heterocycles. The van der Waals surface area contributed by atoms with E-state index in [1.165, 1.54) is 129 Å². The van der Waals surface area contributed by atoms with Crippen LogP contribution in [0.3, 0.4) is 0 Å². The van der Waals surface area contributed by atoms with Crippen LogP contribution < -0.4 is 0 Å².